The number of nitrogens with one attached hydrogen (secondary N) is 1. The van der Waals surface area contributed by atoms with Gasteiger partial charge in [0.25, 0.3) is 10.2 Å². The second-order valence-electron chi connectivity index (χ2n) is 9.84. The van der Waals surface area contributed by atoms with Gasteiger partial charge in [-0.15, -0.1) is 0 Å². The lowest BCUT2D eigenvalue weighted by atomic mass is 9.97. The van der Waals surface area contributed by atoms with E-state index in [2.05, 4.69) is 5.32 Å². The van der Waals surface area contributed by atoms with E-state index >= 15 is 0 Å². The van der Waals surface area contributed by atoms with Gasteiger partial charge in [-0.25, -0.2) is 0 Å². The standard InChI is InChI=1S/C24H30F3N5O4S/c1-16-18(5-2-7-20(16)24(25,26)27)12-29-22(33)21-8-4-10-32(21)23(34)19-6-3-9-30(15-19)37(35,36)31-13-17(11-28)14-31/h2,5,7,17,19,21H,3-4,6,8-10,12-15H2,1H3,(H,29,33)/t19-,21+/m0/s1. The Kier molecular flexibility index (Phi) is 7.83. The molecule has 9 nitrogen and oxygen atoms in total. The van der Waals surface area contributed by atoms with Crippen molar-refractivity contribution in [2.24, 2.45) is 11.8 Å². The van der Waals surface area contributed by atoms with E-state index < -0.39 is 39.8 Å². The fourth-order valence-electron chi connectivity index (χ4n) is 5.24. The van der Waals surface area contributed by atoms with Crippen LogP contribution in [0, 0.1) is 30.1 Å². The summed E-state index contributed by atoms with van der Waals surface area (Å²) in [5.74, 6) is -1.63. The van der Waals surface area contributed by atoms with Crippen molar-refractivity contribution >= 4 is 22.0 Å². The molecule has 3 aliphatic rings. The Labute approximate surface area is 214 Å². The maximum Gasteiger partial charge on any atom is 0.416 e. The lowest BCUT2D eigenvalue weighted by molar-refractivity contribution is -0.142. The number of likely N-dealkylation sites (tertiary alicyclic amines) is 1. The zero-order valence-corrected chi connectivity index (χ0v) is 21.3. The first-order chi connectivity index (χ1) is 17.4. The number of alkyl halides is 3. The van der Waals surface area contributed by atoms with Crippen LogP contribution in [0.25, 0.3) is 0 Å². The summed E-state index contributed by atoms with van der Waals surface area (Å²) in [6, 6.07) is 5.11. The third-order valence-electron chi connectivity index (χ3n) is 7.46. The second kappa shape index (κ2) is 10.6. The lowest BCUT2D eigenvalue weighted by Crippen LogP contribution is -2.57. The molecule has 202 valence electrons. The molecule has 0 spiro atoms. The van der Waals surface area contributed by atoms with Crippen molar-refractivity contribution in [2.45, 2.75) is 51.4 Å². The zero-order chi connectivity index (χ0) is 27.0. The molecule has 3 saturated heterocycles. The third-order valence-corrected chi connectivity index (χ3v) is 9.39. The predicted octanol–water partition coefficient (Wildman–Crippen LogP) is 2.03. The SMILES string of the molecule is Cc1c(CNC(=O)[C@H]2CCCN2C(=O)[C@H]2CCCN(S(=O)(=O)N3CC(C#N)C3)C2)cccc1C(F)(F)F. The van der Waals surface area contributed by atoms with Crippen LogP contribution in [0.2, 0.25) is 0 Å². The van der Waals surface area contributed by atoms with E-state index in [1.54, 1.807) is 0 Å². The van der Waals surface area contributed by atoms with Gasteiger partial charge in [0, 0.05) is 39.3 Å². The zero-order valence-electron chi connectivity index (χ0n) is 20.5. The number of benzene rings is 1. The molecular weight excluding hydrogens is 511 g/mol. The number of carbonyl (C=O) groups is 2. The number of hydrogen-bond donors (Lipinski definition) is 1. The molecule has 0 aliphatic carbocycles. The van der Waals surface area contributed by atoms with Crippen molar-refractivity contribution in [1.29, 1.82) is 5.26 Å². The molecule has 1 aromatic rings. The molecule has 1 aromatic carbocycles. The number of piperidine rings is 1. The van der Waals surface area contributed by atoms with E-state index in [9.17, 15) is 31.2 Å². The largest absolute Gasteiger partial charge is 0.416 e. The number of nitriles is 1. The van der Waals surface area contributed by atoms with Crippen LogP contribution in [0.5, 0.6) is 0 Å². The van der Waals surface area contributed by atoms with Gasteiger partial charge in [0.05, 0.1) is 23.5 Å². The minimum atomic E-state index is -4.49. The second-order valence-corrected chi connectivity index (χ2v) is 11.8. The summed E-state index contributed by atoms with van der Waals surface area (Å²) in [5.41, 5.74) is -0.367. The molecule has 2 atom stereocenters. The molecule has 3 heterocycles. The first kappa shape index (κ1) is 27.3. The molecule has 0 saturated carbocycles. The van der Waals surface area contributed by atoms with Crippen molar-refractivity contribution in [2.75, 3.05) is 32.7 Å². The van der Waals surface area contributed by atoms with E-state index in [1.165, 1.54) is 32.6 Å². The Balaban J connectivity index is 1.38. The third kappa shape index (κ3) is 5.61. The van der Waals surface area contributed by atoms with Crippen LogP contribution >= 0.6 is 0 Å². The van der Waals surface area contributed by atoms with Crippen LogP contribution in [0.3, 0.4) is 0 Å². The van der Waals surface area contributed by atoms with Crippen LogP contribution in [0.4, 0.5) is 13.2 Å². The van der Waals surface area contributed by atoms with Crippen LogP contribution < -0.4 is 5.32 Å². The summed E-state index contributed by atoms with van der Waals surface area (Å²) < 4.78 is 68.0. The summed E-state index contributed by atoms with van der Waals surface area (Å²) >= 11 is 0. The van der Waals surface area contributed by atoms with Crippen LogP contribution in [0.1, 0.15) is 42.4 Å². The quantitative estimate of drug-likeness (QED) is 0.592. The molecule has 0 radical (unpaired) electrons. The fourth-order valence-corrected chi connectivity index (χ4v) is 7.04. The Morgan fingerprint density at radius 2 is 1.81 bits per heavy atom. The smallest absolute Gasteiger partial charge is 0.350 e. The highest BCUT2D eigenvalue weighted by Gasteiger charge is 2.44. The van der Waals surface area contributed by atoms with Gasteiger partial charge in [-0.3, -0.25) is 9.59 Å². The van der Waals surface area contributed by atoms with Crippen molar-refractivity contribution in [3.63, 3.8) is 0 Å². The average Bonchev–Trinajstić information content (AvgIpc) is 3.31. The van der Waals surface area contributed by atoms with E-state index in [4.69, 9.17) is 5.26 Å². The molecule has 2 amide bonds. The normalized spacial score (nSPS) is 23.9. The summed E-state index contributed by atoms with van der Waals surface area (Å²) in [7, 11) is -3.76. The summed E-state index contributed by atoms with van der Waals surface area (Å²) in [6.45, 7) is 2.23. The predicted molar refractivity (Wildman–Crippen MR) is 127 cm³/mol. The van der Waals surface area contributed by atoms with Crippen molar-refractivity contribution < 1.29 is 31.2 Å². The maximum absolute atomic E-state index is 13.4. The lowest BCUT2D eigenvalue weighted by Gasteiger charge is -2.41. The number of halogens is 3. The molecule has 0 bridgehead atoms. The van der Waals surface area contributed by atoms with E-state index in [0.29, 0.717) is 44.3 Å². The molecule has 4 rings (SSSR count). The van der Waals surface area contributed by atoms with E-state index in [-0.39, 0.29) is 43.6 Å². The first-order valence-electron chi connectivity index (χ1n) is 12.3. The number of hydrogen-bond acceptors (Lipinski definition) is 5. The van der Waals surface area contributed by atoms with E-state index in [1.807, 2.05) is 6.07 Å². The molecular formula is C24H30F3N5O4S. The molecule has 0 unspecified atom stereocenters. The molecule has 1 N–H and O–H groups in total. The number of nitrogens with zero attached hydrogens (tertiary/aromatic N) is 4. The maximum atomic E-state index is 13.4. The van der Waals surface area contributed by atoms with Crippen molar-refractivity contribution in [3.05, 3.63) is 34.9 Å². The highest BCUT2D eigenvalue weighted by Crippen LogP contribution is 2.33. The Morgan fingerprint density at radius 1 is 1.11 bits per heavy atom. The van der Waals surface area contributed by atoms with Gasteiger partial charge in [0.1, 0.15) is 6.04 Å². The summed E-state index contributed by atoms with van der Waals surface area (Å²) in [5, 5.41) is 11.6. The Morgan fingerprint density at radius 3 is 2.49 bits per heavy atom. The van der Waals surface area contributed by atoms with Gasteiger partial charge < -0.3 is 10.2 Å². The van der Waals surface area contributed by atoms with E-state index in [0.717, 1.165) is 6.07 Å². The van der Waals surface area contributed by atoms with Crippen molar-refractivity contribution in [3.8, 4) is 6.07 Å². The number of rotatable bonds is 6. The highest BCUT2D eigenvalue weighted by molar-refractivity contribution is 7.86. The Bertz CT molecular complexity index is 1190. The van der Waals surface area contributed by atoms with Gasteiger partial charge in [0.2, 0.25) is 11.8 Å². The van der Waals surface area contributed by atoms with Gasteiger partial charge >= 0.3 is 6.18 Å². The van der Waals surface area contributed by atoms with Gasteiger partial charge in [-0.2, -0.15) is 35.5 Å². The highest BCUT2D eigenvalue weighted by atomic mass is 32.2. The Hall–Kier alpha value is -2.69. The van der Waals surface area contributed by atoms with Crippen LogP contribution in [-0.4, -0.2) is 72.5 Å². The van der Waals surface area contributed by atoms with Crippen molar-refractivity contribution in [1.82, 2.24) is 18.8 Å². The molecule has 0 aromatic heterocycles. The summed E-state index contributed by atoms with van der Waals surface area (Å²) in [4.78, 5) is 27.8. The average molecular weight is 542 g/mol. The molecule has 3 fully saturated rings. The molecule has 13 heteroatoms. The van der Waals surface area contributed by atoms with Gasteiger partial charge in [-0.1, -0.05) is 12.1 Å². The van der Waals surface area contributed by atoms with Crippen LogP contribution in [0.15, 0.2) is 18.2 Å². The molecule has 37 heavy (non-hydrogen) atoms. The minimum absolute atomic E-state index is 0.0170. The number of carbonyl (C=O) groups excluding carboxylic acids is 2. The van der Waals surface area contributed by atoms with Gasteiger partial charge in [-0.05, 0) is 49.8 Å². The fraction of sp³-hybridized carbons (Fsp3) is 0.625. The van der Waals surface area contributed by atoms with Gasteiger partial charge in [0.15, 0.2) is 0 Å². The first-order valence-corrected chi connectivity index (χ1v) is 13.7. The monoisotopic (exact) mass is 541 g/mol. The van der Waals surface area contributed by atoms with Crippen LogP contribution in [-0.2, 0) is 32.5 Å². The molecule has 3 aliphatic heterocycles. The minimum Gasteiger partial charge on any atom is -0.350 e. The number of amides is 2. The topological polar surface area (TPSA) is 114 Å². The summed E-state index contributed by atoms with van der Waals surface area (Å²) in [6.07, 6.45) is -2.46.